The first-order valence-corrected chi connectivity index (χ1v) is 10.6. The monoisotopic (exact) mass is 450 g/mol. The Kier molecular flexibility index (Phi) is 6.01. The summed E-state index contributed by atoms with van der Waals surface area (Å²) in [4.78, 5) is 25.9. The largest absolute Gasteiger partial charge is 0.469 e. The number of ether oxygens (including phenoxy) is 2. The summed E-state index contributed by atoms with van der Waals surface area (Å²) in [5.74, 6) is -0.946. The SMILES string of the molecule is COC(=O)CC[C@]12CN3CC(Cc4ccccc4)(N1O)N(O)[C@@](CCC(=O)OC)(C3)N2O. The van der Waals surface area contributed by atoms with E-state index >= 15 is 0 Å². The third-order valence-electron chi connectivity index (χ3n) is 7.04. The number of hydroxylamine groups is 6. The fourth-order valence-corrected chi connectivity index (χ4v) is 5.59. The minimum atomic E-state index is -1.38. The molecule has 4 bridgehead atoms. The molecule has 1 aromatic carbocycles. The van der Waals surface area contributed by atoms with Crippen LogP contribution in [0.25, 0.3) is 0 Å². The number of hydrogen-bond acceptors (Lipinski definition) is 11. The van der Waals surface area contributed by atoms with Gasteiger partial charge < -0.3 is 25.1 Å². The Balaban J connectivity index is 1.77. The summed E-state index contributed by atoms with van der Waals surface area (Å²) in [5.41, 5.74) is -3.18. The van der Waals surface area contributed by atoms with Crippen molar-refractivity contribution in [1.82, 2.24) is 20.1 Å². The summed E-state index contributed by atoms with van der Waals surface area (Å²) in [6, 6.07) is 9.42. The summed E-state index contributed by atoms with van der Waals surface area (Å²) in [5, 5.41) is 37.3. The highest BCUT2D eigenvalue weighted by molar-refractivity contribution is 5.69. The molecule has 2 unspecified atom stereocenters. The Morgan fingerprint density at radius 3 is 1.72 bits per heavy atom. The van der Waals surface area contributed by atoms with Crippen LogP contribution in [-0.4, -0.2) is 98.5 Å². The molecule has 0 radical (unpaired) electrons. The lowest BCUT2D eigenvalue weighted by molar-refractivity contribution is -0.544. The number of methoxy groups -OCH3 is 2. The predicted molar refractivity (Wildman–Crippen MR) is 108 cm³/mol. The summed E-state index contributed by atoms with van der Waals surface area (Å²) in [6.45, 7) is 0.811. The maximum absolute atomic E-state index is 11.9. The first kappa shape index (κ1) is 23.1. The van der Waals surface area contributed by atoms with Crippen LogP contribution in [0.3, 0.4) is 0 Å². The lowest BCUT2D eigenvalue weighted by atomic mass is 9.77. The normalized spacial score (nSPS) is 34.6. The van der Waals surface area contributed by atoms with Crippen molar-refractivity contribution in [2.75, 3.05) is 33.9 Å². The lowest BCUT2D eigenvalue weighted by Gasteiger charge is -2.75. The molecule has 4 aliphatic heterocycles. The molecule has 0 aromatic heterocycles. The molecule has 4 aliphatic rings. The van der Waals surface area contributed by atoms with E-state index in [1.807, 2.05) is 35.2 Å². The van der Waals surface area contributed by atoms with Crippen LogP contribution >= 0.6 is 0 Å². The van der Waals surface area contributed by atoms with Crippen molar-refractivity contribution in [2.45, 2.75) is 49.1 Å². The Morgan fingerprint density at radius 2 is 1.25 bits per heavy atom. The van der Waals surface area contributed by atoms with E-state index in [4.69, 9.17) is 9.47 Å². The molecule has 0 spiro atoms. The van der Waals surface area contributed by atoms with Gasteiger partial charge in [-0.05, 0) is 18.4 Å². The van der Waals surface area contributed by atoms with Gasteiger partial charge in [0.25, 0.3) is 0 Å². The number of carbonyl (C=O) groups excluding carboxylic acids is 2. The summed E-state index contributed by atoms with van der Waals surface area (Å²) >= 11 is 0. The Bertz CT molecular complexity index is 827. The highest BCUT2D eigenvalue weighted by atomic mass is 16.6. The Hall–Kier alpha value is -2.12. The molecule has 11 heteroatoms. The minimum Gasteiger partial charge on any atom is -0.469 e. The van der Waals surface area contributed by atoms with Crippen molar-refractivity contribution in [1.29, 1.82) is 0 Å². The average Bonchev–Trinajstić information content (AvgIpc) is 2.81. The second kappa shape index (κ2) is 8.34. The lowest BCUT2D eigenvalue weighted by Crippen LogP contribution is -2.96. The van der Waals surface area contributed by atoms with Crippen LogP contribution in [0.2, 0.25) is 0 Å². The topological polar surface area (TPSA) is 126 Å². The zero-order valence-electron chi connectivity index (χ0n) is 18.3. The van der Waals surface area contributed by atoms with Gasteiger partial charge in [0, 0.05) is 38.9 Å². The quantitative estimate of drug-likeness (QED) is 0.483. The third kappa shape index (κ3) is 3.32. The Labute approximate surface area is 186 Å². The first-order valence-electron chi connectivity index (χ1n) is 10.6. The predicted octanol–water partition coefficient (Wildman–Crippen LogP) is 0.641. The highest BCUT2D eigenvalue weighted by Gasteiger charge is 2.75. The van der Waals surface area contributed by atoms with Crippen LogP contribution in [-0.2, 0) is 25.5 Å². The van der Waals surface area contributed by atoms with E-state index in [2.05, 4.69) is 0 Å². The van der Waals surface area contributed by atoms with E-state index in [1.165, 1.54) is 14.2 Å². The van der Waals surface area contributed by atoms with Gasteiger partial charge in [0.1, 0.15) is 17.0 Å². The van der Waals surface area contributed by atoms with Gasteiger partial charge in [-0.1, -0.05) is 30.3 Å². The number of piperazine rings is 3. The first-order chi connectivity index (χ1) is 15.2. The van der Waals surface area contributed by atoms with Gasteiger partial charge in [0.05, 0.1) is 14.2 Å². The molecule has 1 aromatic rings. The molecule has 0 saturated carbocycles. The van der Waals surface area contributed by atoms with Gasteiger partial charge in [-0.3, -0.25) is 14.5 Å². The van der Waals surface area contributed by atoms with E-state index in [1.54, 1.807) is 0 Å². The van der Waals surface area contributed by atoms with Crippen molar-refractivity contribution in [3.05, 3.63) is 35.9 Å². The maximum Gasteiger partial charge on any atom is 0.305 e. The fraction of sp³-hybridized carbons (Fsp3) is 0.619. The number of rotatable bonds is 8. The van der Waals surface area contributed by atoms with Crippen LogP contribution < -0.4 is 0 Å². The van der Waals surface area contributed by atoms with Crippen molar-refractivity contribution in [2.24, 2.45) is 0 Å². The number of hydrogen-bond donors (Lipinski definition) is 3. The molecule has 4 heterocycles. The number of carbonyl (C=O) groups is 2. The van der Waals surface area contributed by atoms with Crippen LogP contribution in [0.1, 0.15) is 31.2 Å². The summed E-state index contributed by atoms with van der Waals surface area (Å²) < 4.78 is 9.54. The van der Waals surface area contributed by atoms with Gasteiger partial charge in [0.15, 0.2) is 0 Å². The minimum absolute atomic E-state index is 0.0433. The smallest absolute Gasteiger partial charge is 0.305 e. The van der Waals surface area contributed by atoms with Gasteiger partial charge in [-0.2, -0.15) is 0 Å². The van der Waals surface area contributed by atoms with Gasteiger partial charge in [-0.15, -0.1) is 15.2 Å². The van der Waals surface area contributed by atoms with Crippen LogP contribution in [0.5, 0.6) is 0 Å². The van der Waals surface area contributed by atoms with Crippen LogP contribution in [0, 0.1) is 0 Å². The molecular weight excluding hydrogens is 420 g/mol. The van der Waals surface area contributed by atoms with Crippen molar-refractivity contribution >= 4 is 11.9 Å². The molecule has 176 valence electrons. The van der Waals surface area contributed by atoms with E-state index in [0.29, 0.717) is 6.54 Å². The summed E-state index contributed by atoms with van der Waals surface area (Å²) in [6.07, 6.45) is 0.295. The standard InChI is InChI=1S/C21H30N4O7/c1-31-17(26)8-10-19-13-22-14-20(23(19)28,11-9-18(27)32-2)25(30)21(15-22,24(19)29)12-16-6-4-3-5-7-16/h3-7,28-30H,8-15H2,1-2H3/t19-,20+,21?. The molecule has 4 fully saturated rings. The molecule has 0 amide bonds. The van der Waals surface area contributed by atoms with Crippen LogP contribution in [0.15, 0.2) is 30.3 Å². The second-order valence-corrected chi connectivity index (χ2v) is 8.84. The maximum atomic E-state index is 11.9. The molecule has 4 atom stereocenters. The molecule has 11 nitrogen and oxygen atoms in total. The zero-order chi connectivity index (χ0) is 23.1. The van der Waals surface area contributed by atoms with Crippen molar-refractivity contribution in [3.8, 4) is 0 Å². The molecule has 0 aliphatic carbocycles. The molecular formula is C21H30N4O7. The Morgan fingerprint density at radius 1 is 0.812 bits per heavy atom. The van der Waals surface area contributed by atoms with E-state index in [-0.39, 0.29) is 45.2 Å². The van der Waals surface area contributed by atoms with Crippen LogP contribution in [0.4, 0.5) is 0 Å². The van der Waals surface area contributed by atoms with E-state index in [9.17, 15) is 25.2 Å². The highest BCUT2D eigenvalue weighted by Crippen LogP contribution is 2.54. The van der Waals surface area contributed by atoms with E-state index in [0.717, 1.165) is 20.8 Å². The van der Waals surface area contributed by atoms with Gasteiger partial charge >= 0.3 is 11.9 Å². The van der Waals surface area contributed by atoms with Crippen molar-refractivity contribution in [3.63, 3.8) is 0 Å². The molecule has 5 rings (SSSR count). The third-order valence-corrected chi connectivity index (χ3v) is 7.04. The molecule has 32 heavy (non-hydrogen) atoms. The zero-order valence-corrected chi connectivity index (χ0v) is 18.3. The molecule has 3 N–H and O–H groups in total. The number of benzene rings is 1. The number of esters is 2. The number of nitrogens with zero attached hydrogens (tertiary/aromatic N) is 4. The van der Waals surface area contributed by atoms with Gasteiger partial charge in [-0.25, -0.2) is 0 Å². The van der Waals surface area contributed by atoms with E-state index < -0.39 is 28.9 Å². The average molecular weight is 450 g/mol. The second-order valence-electron chi connectivity index (χ2n) is 8.84. The van der Waals surface area contributed by atoms with Gasteiger partial charge in [0.2, 0.25) is 0 Å². The summed E-state index contributed by atoms with van der Waals surface area (Å²) in [7, 11) is 2.56. The fourth-order valence-electron chi connectivity index (χ4n) is 5.59. The molecule has 4 saturated heterocycles. The van der Waals surface area contributed by atoms with Crippen molar-refractivity contribution < 1.29 is 34.7 Å².